The van der Waals surface area contributed by atoms with Gasteiger partial charge in [-0.05, 0) is 0 Å². The number of rotatable bonds is 3. The van der Waals surface area contributed by atoms with Crippen molar-refractivity contribution >= 4 is 110 Å². The van der Waals surface area contributed by atoms with E-state index in [0.717, 1.165) is 0 Å². The second-order valence-electron chi connectivity index (χ2n) is 2.73. The quantitative estimate of drug-likeness (QED) is 0.576. The number of hydrogen-bond acceptors (Lipinski definition) is 1. The van der Waals surface area contributed by atoms with Crippen molar-refractivity contribution in [1.82, 2.24) is 0 Å². The number of Topliss-reactive ketones (excluding diaryl/α,β-unsaturated/α-hetero) is 1. The summed E-state index contributed by atoms with van der Waals surface area (Å²) in [6.07, 6.45) is 0. The summed E-state index contributed by atoms with van der Waals surface area (Å²) in [5.74, 6) is -1.61. The second kappa shape index (κ2) is 6.15. The molecule has 0 aromatic rings. The lowest BCUT2D eigenvalue weighted by Gasteiger charge is -2.39. The monoisotopic (exact) mass is 406 g/mol. The molecule has 1 unspecified atom stereocenters. The molecule has 0 aliphatic carbocycles. The SMILES string of the molecule is O=C(C(Cl)(Cl)Cl)C(CCl)(C(Cl)Cl)C(Cl)(Cl)Cl. The lowest BCUT2D eigenvalue weighted by Crippen LogP contribution is -2.54. The standard InChI is InChI=1S/C6H3Cl9O/c7-1-4(3(8)9,6(13,14)15)2(16)5(10,11)12/h3H,1H2. The minimum atomic E-state index is -2.35. The van der Waals surface area contributed by atoms with E-state index < -0.39 is 29.5 Å². The third-order valence-electron chi connectivity index (χ3n) is 1.75. The fraction of sp³-hybridized carbons (Fsp3) is 0.833. The maximum atomic E-state index is 11.9. The van der Waals surface area contributed by atoms with Crippen molar-refractivity contribution in [2.75, 3.05) is 5.88 Å². The van der Waals surface area contributed by atoms with Gasteiger partial charge in [0, 0.05) is 5.88 Å². The molecule has 0 fully saturated rings. The molecule has 96 valence electrons. The molecule has 0 amide bonds. The summed E-state index contributed by atoms with van der Waals surface area (Å²) in [5.41, 5.74) is -2.02. The predicted molar refractivity (Wildman–Crippen MR) is 74.2 cm³/mol. The molecular formula is C6H3Cl9O. The molecular weight excluding hydrogens is 407 g/mol. The van der Waals surface area contributed by atoms with Crippen molar-refractivity contribution in [3.8, 4) is 0 Å². The molecule has 0 saturated heterocycles. The molecule has 1 nitrogen and oxygen atoms in total. The first-order chi connectivity index (χ1) is 6.91. The molecule has 0 heterocycles. The van der Waals surface area contributed by atoms with Gasteiger partial charge in [-0.15, -0.1) is 34.8 Å². The van der Waals surface area contributed by atoms with Crippen LogP contribution in [0.3, 0.4) is 0 Å². The highest BCUT2D eigenvalue weighted by molar-refractivity contribution is 6.79. The van der Waals surface area contributed by atoms with Crippen LogP contribution in [0.5, 0.6) is 0 Å². The smallest absolute Gasteiger partial charge is 0.249 e. The van der Waals surface area contributed by atoms with Gasteiger partial charge in [0.2, 0.25) is 7.59 Å². The van der Waals surface area contributed by atoms with Gasteiger partial charge < -0.3 is 0 Å². The summed E-state index contributed by atoms with van der Waals surface area (Å²) >= 11 is 50.0. The van der Waals surface area contributed by atoms with Crippen molar-refractivity contribution in [2.45, 2.75) is 12.4 Å². The third kappa shape index (κ3) is 3.65. The fourth-order valence-electron chi connectivity index (χ4n) is 0.799. The number of hydrogen-bond donors (Lipinski definition) is 0. The number of carbonyl (C=O) groups is 1. The van der Waals surface area contributed by atoms with Gasteiger partial charge in [0.05, 0.1) is 0 Å². The van der Waals surface area contributed by atoms with E-state index >= 15 is 0 Å². The summed E-state index contributed by atoms with van der Waals surface area (Å²) in [5, 5.41) is 0. The number of ketones is 1. The molecule has 1 atom stereocenters. The molecule has 10 heteroatoms. The van der Waals surface area contributed by atoms with Crippen molar-refractivity contribution < 1.29 is 4.79 Å². The van der Waals surface area contributed by atoms with E-state index in [-0.39, 0.29) is 0 Å². The third-order valence-corrected chi connectivity index (χ3v) is 4.45. The van der Waals surface area contributed by atoms with Crippen molar-refractivity contribution in [3.05, 3.63) is 0 Å². The van der Waals surface area contributed by atoms with Crippen LogP contribution in [0.4, 0.5) is 0 Å². The van der Waals surface area contributed by atoms with Gasteiger partial charge in [0.25, 0.3) is 0 Å². The molecule has 0 aromatic heterocycles. The van der Waals surface area contributed by atoms with E-state index in [1.807, 2.05) is 0 Å². The van der Waals surface area contributed by atoms with E-state index in [1.54, 1.807) is 0 Å². The normalized spacial score (nSPS) is 17.4. The summed E-state index contributed by atoms with van der Waals surface area (Å²) in [7, 11) is 0. The van der Waals surface area contributed by atoms with Gasteiger partial charge in [0.1, 0.15) is 10.3 Å². The van der Waals surface area contributed by atoms with Crippen LogP contribution < -0.4 is 0 Å². The maximum absolute atomic E-state index is 11.9. The number of alkyl halides is 9. The van der Waals surface area contributed by atoms with Crippen LogP contribution in [-0.4, -0.2) is 24.1 Å². The van der Waals surface area contributed by atoms with Crippen LogP contribution in [0.25, 0.3) is 0 Å². The molecule has 0 spiro atoms. The predicted octanol–water partition coefficient (Wildman–Crippen LogP) is 5.32. The molecule has 16 heavy (non-hydrogen) atoms. The zero-order valence-corrected chi connectivity index (χ0v) is 13.9. The Labute approximate surface area is 137 Å². The van der Waals surface area contributed by atoms with Gasteiger partial charge >= 0.3 is 0 Å². The fourth-order valence-corrected chi connectivity index (χ4v) is 3.94. The lowest BCUT2D eigenvalue weighted by atomic mass is 9.89. The maximum Gasteiger partial charge on any atom is 0.249 e. The first-order valence-electron chi connectivity index (χ1n) is 3.43. The van der Waals surface area contributed by atoms with Gasteiger partial charge in [-0.2, -0.15) is 0 Å². The van der Waals surface area contributed by atoms with Gasteiger partial charge in [-0.25, -0.2) is 0 Å². The average Bonchev–Trinajstić information content (AvgIpc) is 2.00. The van der Waals surface area contributed by atoms with E-state index in [9.17, 15) is 4.79 Å². The van der Waals surface area contributed by atoms with Crippen LogP contribution in [0.15, 0.2) is 0 Å². The van der Waals surface area contributed by atoms with Crippen LogP contribution in [0.1, 0.15) is 0 Å². The molecule has 0 radical (unpaired) electrons. The highest BCUT2D eigenvalue weighted by Gasteiger charge is 2.62. The molecule has 0 aromatic carbocycles. The largest absolute Gasteiger partial charge is 0.294 e. The Balaban J connectivity index is 5.68. The van der Waals surface area contributed by atoms with Crippen LogP contribution in [0.2, 0.25) is 0 Å². The summed E-state index contributed by atoms with van der Waals surface area (Å²) < 4.78 is -4.56. The molecule has 0 bridgehead atoms. The minimum absolute atomic E-state index is 0.520. The molecule has 0 saturated carbocycles. The Kier molecular flexibility index (Phi) is 7.03. The number of halogens is 9. The van der Waals surface area contributed by atoms with Crippen molar-refractivity contribution in [2.24, 2.45) is 5.41 Å². The number of carbonyl (C=O) groups excluding carboxylic acids is 1. The first kappa shape index (κ1) is 18.3. The summed E-state index contributed by atoms with van der Waals surface area (Å²) in [6, 6.07) is 0. The van der Waals surface area contributed by atoms with Gasteiger partial charge in [-0.3, -0.25) is 4.79 Å². The Hall–Kier alpha value is 2.28. The van der Waals surface area contributed by atoms with Crippen LogP contribution in [0, 0.1) is 5.41 Å². The molecule has 0 rings (SSSR count). The van der Waals surface area contributed by atoms with Gasteiger partial charge in [-0.1, -0.05) is 69.6 Å². The van der Waals surface area contributed by atoms with Crippen molar-refractivity contribution in [1.29, 1.82) is 0 Å². The Morgan fingerprint density at radius 2 is 1.38 bits per heavy atom. The van der Waals surface area contributed by atoms with Crippen molar-refractivity contribution in [3.63, 3.8) is 0 Å². The van der Waals surface area contributed by atoms with Crippen LogP contribution in [-0.2, 0) is 4.79 Å². The van der Waals surface area contributed by atoms with Crippen LogP contribution >= 0.6 is 104 Å². The zero-order chi connectivity index (χ0) is 13.4. The minimum Gasteiger partial charge on any atom is -0.294 e. The Bertz CT molecular complexity index is 264. The summed E-state index contributed by atoms with van der Waals surface area (Å²) in [4.78, 5) is 10.4. The lowest BCUT2D eigenvalue weighted by molar-refractivity contribution is -0.126. The second-order valence-corrected chi connectivity index (χ2v) is 8.66. The average molecular weight is 410 g/mol. The van der Waals surface area contributed by atoms with E-state index in [1.165, 1.54) is 0 Å². The van der Waals surface area contributed by atoms with E-state index in [4.69, 9.17) is 104 Å². The highest BCUT2D eigenvalue weighted by Crippen LogP contribution is 2.54. The van der Waals surface area contributed by atoms with E-state index in [0.29, 0.717) is 0 Å². The molecule has 0 N–H and O–H groups in total. The van der Waals surface area contributed by atoms with E-state index in [2.05, 4.69) is 0 Å². The molecule has 0 aliphatic heterocycles. The first-order valence-corrected chi connectivity index (χ1v) is 7.11. The Morgan fingerprint density at radius 1 is 1.00 bits per heavy atom. The zero-order valence-electron chi connectivity index (χ0n) is 7.09. The molecule has 0 aliphatic rings. The Morgan fingerprint density at radius 3 is 1.44 bits per heavy atom. The topological polar surface area (TPSA) is 17.1 Å². The van der Waals surface area contributed by atoms with Gasteiger partial charge in [0.15, 0.2) is 5.78 Å². The summed E-state index contributed by atoms with van der Waals surface area (Å²) in [6.45, 7) is 0. The highest BCUT2D eigenvalue weighted by atomic mass is 35.6.